The Balaban J connectivity index is 2.71. The molecule has 0 aliphatic heterocycles. The van der Waals surface area contributed by atoms with Crippen LogP contribution in [0.25, 0.3) is 0 Å². The van der Waals surface area contributed by atoms with Gasteiger partial charge in [-0.1, -0.05) is 19.9 Å². The lowest BCUT2D eigenvalue weighted by Gasteiger charge is -2.23. The Morgan fingerprint density at radius 2 is 2.10 bits per heavy atom. The Labute approximate surface area is 122 Å². The number of hydrogen-bond acceptors (Lipinski definition) is 3. The monoisotopic (exact) mass is 282 g/mol. The Kier molecular flexibility index (Phi) is 7.55. The zero-order valence-corrected chi connectivity index (χ0v) is 13.1. The van der Waals surface area contributed by atoms with Crippen molar-refractivity contribution in [1.82, 2.24) is 5.32 Å². The minimum Gasteiger partial charge on any atom is -0.385 e. The maximum atomic E-state index is 14.0. The molecule has 0 saturated carbocycles. The van der Waals surface area contributed by atoms with E-state index in [2.05, 4.69) is 24.1 Å². The van der Waals surface area contributed by atoms with Crippen LogP contribution in [0.3, 0.4) is 0 Å². The zero-order chi connectivity index (χ0) is 15.0. The van der Waals surface area contributed by atoms with Crippen molar-refractivity contribution >= 4 is 5.69 Å². The van der Waals surface area contributed by atoms with Gasteiger partial charge >= 0.3 is 0 Å². The third-order valence-corrected chi connectivity index (χ3v) is 3.20. The van der Waals surface area contributed by atoms with E-state index < -0.39 is 0 Å². The van der Waals surface area contributed by atoms with Gasteiger partial charge in [-0.2, -0.15) is 0 Å². The van der Waals surface area contributed by atoms with Gasteiger partial charge in [0, 0.05) is 45.1 Å². The fourth-order valence-corrected chi connectivity index (χ4v) is 2.13. The fourth-order valence-electron chi connectivity index (χ4n) is 2.13. The molecular weight excluding hydrogens is 255 g/mol. The summed E-state index contributed by atoms with van der Waals surface area (Å²) in [4.78, 5) is 2.09. The predicted molar refractivity (Wildman–Crippen MR) is 82.7 cm³/mol. The Morgan fingerprint density at radius 3 is 2.75 bits per heavy atom. The van der Waals surface area contributed by atoms with Gasteiger partial charge in [-0.3, -0.25) is 0 Å². The van der Waals surface area contributed by atoms with Crippen molar-refractivity contribution in [3.8, 4) is 0 Å². The number of halogens is 1. The van der Waals surface area contributed by atoms with E-state index in [1.54, 1.807) is 13.2 Å². The van der Waals surface area contributed by atoms with Crippen molar-refractivity contribution in [3.63, 3.8) is 0 Å². The van der Waals surface area contributed by atoms with Crippen molar-refractivity contribution in [2.45, 2.75) is 26.8 Å². The molecule has 20 heavy (non-hydrogen) atoms. The third kappa shape index (κ3) is 5.47. The molecule has 1 aromatic carbocycles. The maximum absolute atomic E-state index is 14.0. The average Bonchev–Trinajstić information content (AvgIpc) is 2.40. The quantitative estimate of drug-likeness (QED) is 0.705. The highest BCUT2D eigenvalue weighted by atomic mass is 19.1. The lowest BCUT2D eigenvalue weighted by Crippen LogP contribution is -2.25. The zero-order valence-electron chi connectivity index (χ0n) is 13.1. The fraction of sp³-hybridized carbons (Fsp3) is 0.625. The lowest BCUT2D eigenvalue weighted by molar-refractivity contribution is 0.196. The topological polar surface area (TPSA) is 24.5 Å². The molecule has 0 radical (unpaired) electrons. The second kappa shape index (κ2) is 8.93. The number of rotatable bonds is 9. The van der Waals surface area contributed by atoms with Crippen LogP contribution < -0.4 is 10.2 Å². The van der Waals surface area contributed by atoms with E-state index in [1.807, 2.05) is 13.1 Å². The number of nitrogens with zero attached hydrogens (tertiary/aromatic N) is 1. The van der Waals surface area contributed by atoms with Crippen molar-refractivity contribution in [2.75, 3.05) is 38.8 Å². The van der Waals surface area contributed by atoms with E-state index in [4.69, 9.17) is 4.74 Å². The Morgan fingerprint density at radius 1 is 1.35 bits per heavy atom. The molecule has 0 bridgehead atoms. The number of ether oxygens (including phenoxy) is 1. The molecule has 0 unspecified atom stereocenters. The minimum atomic E-state index is -0.141. The SMILES string of the molecule is COCCCN(C)c1cccc(F)c1CNCC(C)C. The van der Waals surface area contributed by atoms with Gasteiger partial charge in [0.15, 0.2) is 0 Å². The van der Waals surface area contributed by atoms with Gasteiger partial charge in [-0.25, -0.2) is 4.39 Å². The molecule has 0 aliphatic rings. The highest BCUT2D eigenvalue weighted by Crippen LogP contribution is 2.22. The van der Waals surface area contributed by atoms with Gasteiger partial charge in [-0.05, 0) is 31.0 Å². The van der Waals surface area contributed by atoms with Gasteiger partial charge in [0.05, 0.1) is 0 Å². The van der Waals surface area contributed by atoms with Crippen LogP contribution in [0.4, 0.5) is 10.1 Å². The van der Waals surface area contributed by atoms with Crippen LogP contribution in [0.5, 0.6) is 0 Å². The molecule has 3 nitrogen and oxygen atoms in total. The molecule has 0 heterocycles. The van der Waals surface area contributed by atoms with E-state index in [-0.39, 0.29) is 5.82 Å². The van der Waals surface area contributed by atoms with Crippen LogP contribution in [-0.4, -0.2) is 33.9 Å². The third-order valence-electron chi connectivity index (χ3n) is 3.20. The molecule has 0 amide bonds. The number of anilines is 1. The summed E-state index contributed by atoms with van der Waals surface area (Å²) in [6, 6.07) is 5.27. The summed E-state index contributed by atoms with van der Waals surface area (Å²) in [5.41, 5.74) is 1.70. The first-order chi connectivity index (χ1) is 9.56. The maximum Gasteiger partial charge on any atom is 0.129 e. The number of hydrogen-bond donors (Lipinski definition) is 1. The van der Waals surface area contributed by atoms with Crippen molar-refractivity contribution in [2.24, 2.45) is 5.92 Å². The molecular formula is C16H27FN2O. The van der Waals surface area contributed by atoms with Crippen LogP contribution in [0, 0.1) is 11.7 Å². The first-order valence-electron chi connectivity index (χ1n) is 7.24. The van der Waals surface area contributed by atoms with Crippen LogP contribution in [-0.2, 0) is 11.3 Å². The summed E-state index contributed by atoms with van der Waals surface area (Å²) in [5.74, 6) is 0.419. The summed E-state index contributed by atoms with van der Waals surface area (Å²) in [6.45, 7) is 7.32. The van der Waals surface area contributed by atoms with E-state index in [9.17, 15) is 4.39 Å². The van der Waals surface area contributed by atoms with Gasteiger partial charge < -0.3 is 15.0 Å². The summed E-state index contributed by atoms with van der Waals surface area (Å²) in [7, 11) is 3.69. The second-order valence-electron chi connectivity index (χ2n) is 5.53. The minimum absolute atomic E-state index is 0.141. The van der Waals surface area contributed by atoms with E-state index in [1.165, 1.54) is 6.07 Å². The standard InChI is InChI=1S/C16H27FN2O/c1-13(2)11-18-12-14-15(17)7-5-8-16(14)19(3)9-6-10-20-4/h5,7-8,13,18H,6,9-12H2,1-4H3. The molecule has 1 aromatic rings. The smallest absolute Gasteiger partial charge is 0.129 e. The molecule has 1 N–H and O–H groups in total. The van der Waals surface area contributed by atoms with E-state index >= 15 is 0 Å². The molecule has 1 rings (SSSR count). The molecule has 114 valence electrons. The first kappa shape index (κ1) is 16.9. The summed E-state index contributed by atoms with van der Waals surface area (Å²) < 4.78 is 19.1. The Hall–Kier alpha value is -1.13. The molecule has 0 atom stereocenters. The molecule has 0 spiro atoms. The van der Waals surface area contributed by atoms with Crippen molar-refractivity contribution in [1.29, 1.82) is 0 Å². The largest absolute Gasteiger partial charge is 0.385 e. The summed E-state index contributed by atoms with van der Waals surface area (Å²) >= 11 is 0. The number of benzene rings is 1. The second-order valence-corrected chi connectivity index (χ2v) is 5.53. The normalized spacial score (nSPS) is 11.1. The highest BCUT2D eigenvalue weighted by Gasteiger charge is 2.11. The predicted octanol–water partition coefficient (Wildman–Crippen LogP) is 3.04. The Bertz CT molecular complexity index is 396. The average molecular weight is 282 g/mol. The van der Waals surface area contributed by atoms with Gasteiger partial charge in [0.1, 0.15) is 5.82 Å². The van der Waals surface area contributed by atoms with Crippen LogP contribution in [0.15, 0.2) is 18.2 Å². The summed E-state index contributed by atoms with van der Waals surface area (Å²) in [6.07, 6.45) is 0.933. The van der Waals surface area contributed by atoms with Gasteiger partial charge in [-0.15, -0.1) is 0 Å². The van der Waals surface area contributed by atoms with Crippen molar-refractivity contribution in [3.05, 3.63) is 29.6 Å². The molecule has 0 aliphatic carbocycles. The summed E-state index contributed by atoms with van der Waals surface area (Å²) in [5, 5.41) is 3.31. The number of nitrogens with one attached hydrogen (secondary N) is 1. The van der Waals surface area contributed by atoms with Crippen molar-refractivity contribution < 1.29 is 9.13 Å². The molecule has 0 aromatic heterocycles. The van der Waals surface area contributed by atoms with Crippen LogP contribution in [0.2, 0.25) is 0 Å². The molecule has 0 saturated heterocycles. The van der Waals surface area contributed by atoms with E-state index in [0.29, 0.717) is 12.5 Å². The molecule has 4 heteroatoms. The van der Waals surface area contributed by atoms with Gasteiger partial charge in [0.25, 0.3) is 0 Å². The van der Waals surface area contributed by atoms with Crippen LogP contribution >= 0.6 is 0 Å². The van der Waals surface area contributed by atoms with Gasteiger partial charge in [0.2, 0.25) is 0 Å². The number of methoxy groups -OCH3 is 1. The molecule has 0 fully saturated rings. The van der Waals surface area contributed by atoms with E-state index in [0.717, 1.165) is 37.4 Å². The highest BCUT2D eigenvalue weighted by molar-refractivity contribution is 5.53. The first-order valence-corrected chi connectivity index (χ1v) is 7.24. The van der Waals surface area contributed by atoms with Crippen LogP contribution in [0.1, 0.15) is 25.8 Å². The lowest BCUT2D eigenvalue weighted by atomic mass is 10.1.